The number of rotatable bonds is 8. The monoisotopic (exact) mass is 1420 g/mol. The first-order valence-electron chi connectivity index (χ1n) is 38.2. The standard InChI is InChI=1S/C99H65B3N6OS/c1-99(2)75-37-12-9-34-72(75)90-96(99)106(85-47-23-44-82-93(85)100(90)76-38-13-16-41-79(76)103(82)66-28-5-3-6-29-66)69-58-54-63(55-59-69)62-52-56-68(57-53-62)104-80-42-17-15-40-78(80)102-92-74-36-11-20-51-89(74)110-98(92)108(87-49-25-45-83(104)95(87)102)71-33-22-27-65(61-71)64-26-21-32-70(60-64)105-81-43-18-14-39-77(81)101-91-73-35-10-19-50-88(73)109-97(91)107(67-30-7-4-8-31-67)86-48-24-46-84(105)94(86)101/h3-61H,1-2H3. The van der Waals surface area contributed by atoms with Gasteiger partial charge in [0.15, 0.2) is 0 Å². The summed E-state index contributed by atoms with van der Waals surface area (Å²) >= 11 is 1.90. The Morgan fingerprint density at radius 3 is 1.28 bits per heavy atom. The number of hydrogen-bond acceptors (Lipinski definition) is 8. The number of furan rings is 1. The number of para-hydroxylation sites is 6. The molecule has 0 amide bonds. The van der Waals surface area contributed by atoms with Crippen molar-refractivity contribution in [3.8, 4) is 22.3 Å². The zero-order valence-corrected chi connectivity index (χ0v) is 61.1. The van der Waals surface area contributed by atoms with Gasteiger partial charge in [0.25, 0.3) is 20.1 Å². The van der Waals surface area contributed by atoms with Crippen molar-refractivity contribution in [1.82, 2.24) is 0 Å². The van der Waals surface area contributed by atoms with Crippen molar-refractivity contribution in [2.24, 2.45) is 0 Å². The summed E-state index contributed by atoms with van der Waals surface area (Å²) in [5, 5.41) is 3.68. The average Bonchev–Trinajstić information content (AvgIpc) is 1.51. The van der Waals surface area contributed by atoms with E-state index < -0.39 is 0 Å². The maximum absolute atomic E-state index is 6.95. The first kappa shape index (κ1) is 61.7. The van der Waals surface area contributed by atoms with E-state index in [1.807, 2.05) is 11.3 Å². The lowest BCUT2D eigenvalue weighted by Crippen LogP contribution is -2.61. The maximum atomic E-state index is 6.95. The average molecular weight is 1420 g/mol. The summed E-state index contributed by atoms with van der Waals surface area (Å²) in [5.41, 5.74) is 38.3. The Balaban J connectivity index is 0.596. The Bertz CT molecular complexity index is 6790. The van der Waals surface area contributed by atoms with Crippen LogP contribution in [-0.2, 0) is 5.41 Å². The summed E-state index contributed by atoms with van der Waals surface area (Å²) in [6.07, 6.45) is 0. The second-order valence-corrected chi connectivity index (χ2v) is 31.6. The van der Waals surface area contributed by atoms with Crippen LogP contribution in [-0.4, -0.2) is 20.1 Å². The predicted octanol–water partition coefficient (Wildman–Crippen LogP) is 20.9. The molecule has 11 heteroatoms. The predicted molar refractivity (Wildman–Crippen MR) is 465 cm³/mol. The van der Waals surface area contributed by atoms with Gasteiger partial charge in [0, 0.05) is 112 Å². The number of anilines is 17. The van der Waals surface area contributed by atoms with Gasteiger partial charge in [0.2, 0.25) is 5.88 Å². The zero-order chi connectivity index (χ0) is 72.2. The lowest BCUT2D eigenvalue weighted by atomic mass is 9.32. The number of fused-ring (bicyclic) bond motifs is 17. The van der Waals surface area contributed by atoms with Crippen LogP contribution in [0.3, 0.4) is 0 Å². The first-order chi connectivity index (χ1) is 54.4. The highest BCUT2D eigenvalue weighted by molar-refractivity contribution is 7.26. The van der Waals surface area contributed by atoms with Gasteiger partial charge in [-0.2, -0.15) is 0 Å². The van der Waals surface area contributed by atoms with Crippen LogP contribution in [0.4, 0.5) is 96.2 Å². The number of thiophene rings is 1. The van der Waals surface area contributed by atoms with E-state index in [1.54, 1.807) is 0 Å². The number of hydrogen-bond donors (Lipinski definition) is 0. The van der Waals surface area contributed by atoms with Gasteiger partial charge in [0.05, 0.1) is 5.00 Å². The summed E-state index contributed by atoms with van der Waals surface area (Å²) < 4.78 is 8.22. The highest BCUT2D eigenvalue weighted by Gasteiger charge is 2.53. The van der Waals surface area contributed by atoms with Crippen molar-refractivity contribution in [3.63, 3.8) is 0 Å². The van der Waals surface area contributed by atoms with E-state index in [4.69, 9.17) is 4.42 Å². The molecule has 0 fully saturated rings. The molecule has 0 N–H and O–H groups in total. The van der Waals surface area contributed by atoms with E-state index in [1.165, 1.54) is 121 Å². The summed E-state index contributed by atoms with van der Waals surface area (Å²) in [5.74, 6) is 0.870. The van der Waals surface area contributed by atoms with Crippen molar-refractivity contribution in [3.05, 3.63) is 375 Å². The third-order valence-corrected chi connectivity index (χ3v) is 25.7. The SMILES string of the molecule is CC1(C)C2=C(B3c4ccccc4N(c4ccccc4)c4cccc(c43)N2c2ccc(-c3ccc(N4c5ccccc5B5c6c4cccc6N(c4cccc(-c6cccc(N7c8ccccc8B8c9c7cccc9N(c7ccccc7)c7oc9ccccc9c78)c6)c4)c4sc6ccccc6c45)cc3)cc2)c2ccccc21. The van der Waals surface area contributed by atoms with Gasteiger partial charge in [-0.25, -0.2) is 0 Å². The van der Waals surface area contributed by atoms with E-state index in [-0.39, 0.29) is 25.6 Å². The molecule has 7 nitrogen and oxygen atoms in total. The van der Waals surface area contributed by atoms with E-state index in [0.29, 0.717) is 0 Å². The molecule has 512 valence electrons. The van der Waals surface area contributed by atoms with Crippen LogP contribution in [0.25, 0.3) is 48.8 Å². The molecule has 15 aromatic carbocycles. The lowest BCUT2D eigenvalue weighted by molar-refractivity contribution is 0.622. The van der Waals surface area contributed by atoms with Crippen LogP contribution in [0.15, 0.2) is 368 Å². The summed E-state index contributed by atoms with van der Waals surface area (Å²) in [6.45, 7) is 4.85. The molecule has 7 aliphatic rings. The molecular formula is C99H65B3N6OS. The molecule has 0 saturated carbocycles. The molecule has 0 saturated heterocycles. The third kappa shape index (κ3) is 8.58. The highest BCUT2D eigenvalue weighted by atomic mass is 32.1. The van der Waals surface area contributed by atoms with E-state index in [0.717, 1.165) is 84.7 Å². The van der Waals surface area contributed by atoms with Gasteiger partial charge in [0.1, 0.15) is 5.58 Å². The molecule has 0 atom stereocenters. The fourth-order valence-electron chi connectivity index (χ4n) is 20.1. The van der Waals surface area contributed by atoms with E-state index in [2.05, 4.69) is 401 Å². The topological polar surface area (TPSA) is 32.6 Å². The zero-order valence-electron chi connectivity index (χ0n) is 60.3. The van der Waals surface area contributed by atoms with Crippen LogP contribution in [0.5, 0.6) is 0 Å². The number of nitrogens with zero attached hydrogens (tertiary/aromatic N) is 6. The Hall–Kier alpha value is -13.5. The first-order valence-corrected chi connectivity index (χ1v) is 39.1. The van der Waals surface area contributed by atoms with Gasteiger partial charge in [-0.3, -0.25) is 4.90 Å². The van der Waals surface area contributed by atoms with Gasteiger partial charge in [-0.1, -0.05) is 232 Å². The second kappa shape index (κ2) is 23.3. The molecule has 0 radical (unpaired) electrons. The van der Waals surface area contributed by atoms with Crippen LogP contribution in [0, 0.1) is 0 Å². The van der Waals surface area contributed by atoms with Gasteiger partial charge >= 0.3 is 0 Å². The maximum Gasteiger partial charge on any atom is 0.257 e. The Morgan fingerprint density at radius 1 is 0.282 bits per heavy atom. The minimum absolute atomic E-state index is 0.00959. The molecule has 17 aromatic rings. The molecule has 8 heterocycles. The molecule has 0 spiro atoms. The van der Waals surface area contributed by atoms with E-state index in [9.17, 15) is 0 Å². The van der Waals surface area contributed by atoms with Crippen LogP contribution >= 0.6 is 11.3 Å². The molecule has 6 aliphatic heterocycles. The van der Waals surface area contributed by atoms with E-state index >= 15 is 0 Å². The second-order valence-electron chi connectivity index (χ2n) is 30.6. The quantitative estimate of drug-likeness (QED) is 0.140. The smallest absolute Gasteiger partial charge is 0.257 e. The molecule has 24 rings (SSSR count). The Morgan fingerprint density at radius 2 is 0.682 bits per heavy atom. The molecule has 0 bridgehead atoms. The summed E-state index contributed by atoms with van der Waals surface area (Å²) in [6, 6.07) is 133. The number of allylic oxidation sites excluding steroid dienone is 1. The normalized spacial score (nSPS) is 14.7. The third-order valence-electron chi connectivity index (χ3n) is 24.6. The number of benzene rings is 15. The van der Waals surface area contributed by atoms with Crippen molar-refractivity contribution in [2.45, 2.75) is 19.3 Å². The molecule has 0 unspecified atom stereocenters. The minimum Gasteiger partial charge on any atom is -0.440 e. The van der Waals surface area contributed by atoms with Gasteiger partial charge in [-0.15, -0.1) is 11.3 Å². The highest BCUT2D eigenvalue weighted by Crippen LogP contribution is 2.57. The molecule has 1 aliphatic carbocycles. The Kier molecular flexibility index (Phi) is 13.0. The van der Waals surface area contributed by atoms with Crippen LogP contribution < -0.4 is 73.1 Å². The van der Waals surface area contributed by atoms with Crippen molar-refractivity contribution < 1.29 is 4.42 Å². The molecule has 110 heavy (non-hydrogen) atoms. The van der Waals surface area contributed by atoms with Crippen molar-refractivity contribution >= 4 is 198 Å². The fourth-order valence-corrected chi connectivity index (χ4v) is 21.4. The largest absolute Gasteiger partial charge is 0.440 e. The summed E-state index contributed by atoms with van der Waals surface area (Å²) in [4.78, 5) is 15.0. The molecular weight excluding hydrogens is 1350 g/mol. The van der Waals surface area contributed by atoms with Gasteiger partial charge in [-0.05, 0) is 222 Å². The Labute approximate surface area is 643 Å². The van der Waals surface area contributed by atoms with Crippen LogP contribution in [0.1, 0.15) is 25.0 Å². The molecule has 2 aromatic heterocycles. The fraction of sp³-hybridized carbons (Fsp3) is 0.0303. The van der Waals surface area contributed by atoms with Crippen molar-refractivity contribution in [1.29, 1.82) is 0 Å². The van der Waals surface area contributed by atoms with Crippen LogP contribution in [0.2, 0.25) is 0 Å². The minimum atomic E-state index is -0.280. The van der Waals surface area contributed by atoms with Gasteiger partial charge < -0.3 is 28.9 Å². The van der Waals surface area contributed by atoms with Crippen molar-refractivity contribution in [2.75, 3.05) is 29.4 Å². The summed E-state index contributed by atoms with van der Waals surface area (Å²) in [7, 11) is 0. The lowest BCUT2D eigenvalue weighted by Gasteiger charge is -2.46.